The van der Waals surface area contributed by atoms with E-state index in [4.69, 9.17) is 4.43 Å². The largest absolute Gasteiger partial charge is 0.410 e. The van der Waals surface area contributed by atoms with Crippen molar-refractivity contribution in [2.45, 2.75) is 64.5 Å². The zero-order valence-corrected chi connectivity index (χ0v) is 15.3. The summed E-state index contributed by atoms with van der Waals surface area (Å²) in [5.74, 6) is 0. The molecule has 1 aromatic rings. The fourth-order valence-electron chi connectivity index (χ4n) is 1.84. The highest BCUT2D eigenvalue weighted by molar-refractivity contribution is 6.74. The van der Waals surface area contributed by atoms with Crippen LogP contribution in [0.25, 0.3) is 0 Å². The number of rotatable bonds is 6. The first kappa shape index (κ1) is 18.1. The van der Waals surface area contributed by atoms with E-state index >= 15 is 0 Å². The van der Waals surface area contributed by atoms with Crippen LogP contribution in [-0.2, 0) is 4.43 Å². The fourth-order valence-corrected chi connectivity index (χ4v) is 3.12. The van der Waals surface area contributed by atoms with Gasteiger partial charge in [-0.05, 0) is 42.6 Å². The minimum atomic E-state index is -1.88. The molecule has 0 radical (unpaired) electrons. The molecule has 0 aliphatic heterocycles. The lowest BCUT2D eigenvalue weighted by Gasteiger charge is -2.39. The van der Waals surface area contributed by atoms with E-state index in [9.17, 15) is 5.11 Å². The summed E-state index contributed by atoms with van der Waals surface area (Å²) in [7, 11) is -1.88. The van der Waals surface area contributed by atoms with E-state index in [1.54, 1.807) is 6.92 Å². The molecule has 0 unspecified atom stereocenters. The van der Waals surface area contributed by atoms with Gasteiger partial charge in [0.05, 0.1) is 12.2 Å². The van der Waals surface area contributed by atoms with Gasteiger partial charge >= 0.3 is 0 Å². The van der Waals surface area contributed by atoms with Gasteiger partial charge in [0.15, 0.2) is 8.32 Å². The summed E-state index contributed by atoms with van der Waals surface area (Å²) in [6, 6.07) is 10.3. The summed E-state index contributed by atoms with van der Waals surface area (Å²) in [6.07, 6.45) is 0.127. The van der Waals surface area contributed by atoms with Crippen LogP contribution in [0, 0.1) is 0 Å². The standard InChI is InChI=1S/C18H30O2Si/c1-14(15(2)19)13-17(16-11-9-8-10-12-16)20-21(6,7)18(3,4)5/h8-12,15,17,19H,1,13H2,2-7H3/t15-,17+/m1/s1. The summed E-state index contributed by atoms with van der Waals surface area (Å²) in [6.45, 7) is 17.0. The third-order valence-electron chi connectivity index (χ3n) is 4.45. The van der Waals surface area contributed by atoms with Crippen molar-refractivity contribution in [3.63, 3.8) is 0 Å². The van der Waals surface area contributed by atoms with Crippen LogP contribution in [0.5, 0.6) is 0 Å². The highest BCUT2D eigenvalue weighted by Gasteiger charge is 2.39. The van der Waals surface area contributed by atoms with Crippen molar-refractivity contribution in [1.29, 1.82) is 0 Å². The molecule has 21 heavy (non-hydrogen) atoms. The maximum absolute atomic E-state index is 9.73. The molecule has 0 bridgehead atoms. The van der Waals surface area contributed by atoms with Crippen molar-refractivity contribution in [1.82, 2.24) is 0 Å². The van der Waals surface area contributed by atoms with E-state index in [0.717, 1.165) is 11.1 Å². The SMILES string of the molecule is C=C(C[C@H](O[Si](C)(C)C(C)(C)C)c1ccccc1)[C@@H](C)O. The molecular formula is C18H30O2Si. The molecule has 0 fully saturated rings. The van der Waals surface area contributed by atoms with Crippen LogP contribution >= 0.6 is 0 Å². The Labute approximate surface area is 131 Å². The number of hydrogen-bond donors (Lipinski definition) is 1. The quantitative estimate of drug-likeness (QED) is 0.587. The monoisotopic (exact) mass is 306 g/mol. The van der Waals surface area contributed by atoms with Crippen molar-refractivity contribution in [3.8, 4) is 0 Å². The minimum Gasteiger partial charge on any atom is -0.410 e. The highest BCUT2D eigenvalue weighted by atomic mass is 28.4. The molecule has 0 aliphatic carbocycles. The van der Waals surface area contributed by atoms with Crippen LogP contribution < -0.4 is 0 Å². The molecule has 3 heteroatoms. The van der Waals surface area contributed by atoms with E-state index in [1.165, 1.54) is 0 Å². The molecule has 0 heterocycles. The molecule has 0 saturated carbocycles. The first-order valence-electron chi connectivity index (χ1n) is 7.63. The lowest BCUT2D eigenvalue weighted by Crippen LogP contribution is -2.42. The van der Waals surface area contributed by atoms with Gasteiger partial charge < -0.3 is 9.53 Å². The average molecular weight is 307 g/mol. The predicted molar refractivity (Wildman–Crippen MR) is 92.9 cm³/mol. The topological polar surface area (TPSA) is 29.5 Å². The highest BCUT2D eigenvalue weighted by Crippen LogP contribution is 2.41. The van der Waals surface area contributed by atoms with Crippen molar-refractivity contribution in [2.24, 2.45) is 0 Å². The van der Waals surface area contributed by atoms with Gasteiger partial charge in [-0.2, -0.15) is 0 Å². The molecule has 0 aromatic heterocycles. The Morgan fingerprint density at radius 1 is 1.24 bits per heavy atom. The molecular weight excluding hydrogens is 276 g/mol. The Kier molecular flexibility index (Phi) is 5.97. The van der Waals surface area contributed by atoms with Gasteiger partial charge in [-0.3, -0.25) is 0 Å². The number of aliphatic hydroxyl groups excluding tert-OH is 1. The second-order valence-electron chi connectivity index (χ2n) is 7.32. The van der Waals surface area contributed by atoms with E-state index in [-0.39, 0.29) is 11.1 Å². The lowest BCUT2D eigenvalue weighted by atomic mass is 10.00. The molecule has 1 aromatic carbocycles. The lowest BCUT2D eigenvalue weighted by molar-refractivity contribution is 0.164. The molecule has 0 spiro atoms. The number of hydrogen-bond acceptors (Lipinski definition) is 2. The van der Waals surface area contributed by atoms with Gasteiger partial charge in [0, 0.05) is 0 Å². The van der Waals surface area contributed by atoms with Crippen LogP contribution in [0.1, 0.15) is 45.8 Å². The van der Waals surface area contributed by atoms with Gasteiger partial charge in [-0.1, -0.05) is 57.7 Å². The summed E-state index contributed by atoms with van der Waals surface area (Å²) in [5, 5.41) is 9.89. The molecule has 0 saturated heterocycles. The summed E-state index contributed by atoms with van der Waals surface area (Å²) in [4.78, 5) is 0. The molecule has 0 amide bonds. The third kappa shape index (κ3) is 5.10. The first-order chi connectivity index (χ1) is 9.54. The van der Waals surface area contributed by atoms with Gasteiger partial charge in [-0.25, -0.2) is 0 Å². The first-order valence-corrected chi connectivity index (χ1v) is 10.5. The number of aliphatic hydroxyl groups is 1. The zero-order chi connectivity index (χ0) is 16.3. The van der Waals surface area contributed by atoms with Crippen molar-refractivity contribution in [2.75, 3.05) is 0 Å². The Morgan fingerprint density at radius 2 is 1.76 bits per heavy atom. The van der Waals surface area contributed by atoms with E-state index in [2.05, 4.69) is 52.6 Å². The van der Waals surface area contributed by atoms with Crippen LogP contribution in [-0.4, -0.2) is 19.5 Å². The van der Waals surface area contributed by atoms with Crippen LogP contribution in [0.3, 0.4) is 0 Å². The normalized spacial score (nSPS) is 15.6. The molecule has 0 aliphatic rings. The van der Waals surface area contributed by atoms with Crippen molar-refractivity contribution < 1.29 is 9.53 Å². The van der Waals surface area contributed by atoms with Crippen LogP contribution in [0.15, 0.2) is 42.5 Å². The van der Waals surface area contributed by atoms with Gasteiger partial charge in [-0.15, -0.1) is 0 Å². The Bertz CT molecular complexity index is 458. The van der Waals surface area contributed by atoms with E-state index < -0.39 is 14.4 Å². The molecule has 1 N–H and O–H groups in total. The van der Waals surface area contributed by atoms with E-state index in [0.29, 0.717) is 6.42 Å². The summed E-state index contributed by atoms with van der Waals surface area (Å²) >= 11 is 0. The second-order valence-corrected chi connectivity index (χ2v) is 12.1. The van der Waals surface area contributed by atoms with Crippen molar-refractivity contribution in [3.05, 3.63) is 48.0 Å². The summed E-state index contributed by atoms with van der Waals surface area (Å²) < 4.78 is 6.58. The molecule has 2 atom stereocenters. The van der Waals surface area contributed by atoms with Gasteiger partial charge in [0.2, 0.25) is 0 Å². The Morgan fingerprint density at radius 3 is 2.19 bits per heavy atom. The third-order valence-corrected chi connectivity index (χ3v) is 8.94. The molecule has 2 nitrogen and oxygen atoms in total. The van der Waals surface area contributed by atoms with Crippen LogP contribution in [0.2, 0.25) is 18.1 Å². The second kappa shape index (κ2) is 6.90. The Hall–Kier alpha value is -0.903. The predicted octanol–water partition coefficient (Wildman–Crippen LogP) is 5.08. The smallest absolute Gasteiger partial charge is 0.192 e. The minimum absolute atomic E-state index is 0.0332. The maximum Gasteiger partial charge on any atom is 0.192 e. The zero-order valence-electron chi connectivity index (χ0n) is 14.3. The Balaban J connectivity index is 3.01. The number of benzene rings is 1. The molecule has 1 rings (SSSR count). The van der Waals surface area contributed by atoms with Gasteiger partial charge in [0.1, 0.15) is 0 Å². The van der Waals surface area contributed by atoms with E-state index in [1.807, 2.05) is 18.2 Å². The van der Waals surface area contributed by atoms with Crippen molar-refractivity contribution >= 4 is 8.32 Å². The van der Waals surface area contributed by atoms with Gasteiger partial charge in [0.25, 0.3) is 0 Å². The maximum atomic E-state index is 9.73. The fraction of sp³-hybridized carbons (Fsp3) is 0.556. The van der Waals surface area contributed by atoms with Crippen LogP contribution in [0.4, 0.5) is 0 Å². The molecule has 118 valence electrons. The summed E-state index contributed by atoms with van der Waals surface area (Å²) in [5.41, 5.74) is 1.98. The average Bonchev–Trinajstić information content (AvgIpc) is 2.37.